The Morgan fingerprint density at radius 3 is 1.78 bits per heavy atom. The molecule has 0 fully saturated rings. The van der Waals surface area contributed by atoms with E-state index in [9.17, 15) is 8.78 Å². The van der Waals surface area contributed by atoms with Crippen molar-refractivity contribution in [3.8, 4) is 11.5 Å². The second-order valence-electron chi connectivity index (χ2n) is 3.19. The first-order valence-electron chi connectivity index (χ1n) is 4.68. The normalized spacial score (nSPS) is 9.56. The minimum absolute atomic E-state index is 0.0370. The molecule has 2 aromatic carbocycles. The van der Waals surface area contributed by atoms with Gasteiger partial charge in [0.25, 0.3) is 0 Å². The molecule has 2 aromatic rings. The van der Waals surface area contributed by atoms with Crippen LogP contribution in [0.25, 0.3) is 0 Å². The van der Waals surface area contributed by atoms with Crippen molar-refractivity contribution in [2.45, 2.75) is 0 Å². The van der Waals surface area contributed by atoms with Gasteiger partial charge < -0.3 is 10.2 Å². The van der Waals surface area contributed by atoms with Crippen molar-refractivity contribution < 1.29 is 19.0 Å². The zero-order valence-corrected chi connectivity index (χ0v) is 11.2. The van der Waals surface area contributed by atoms with E-state index in [0.717, 1.165) is 12.1 Å². The van der Waals surface area contributed by atoms with Crippen LogP contribution < -0.4 is 0 Å². The fraction of sp³-hybridized carbons (Fsp3) is 0. The first kappa shape index (κ1) is 14.7. The minimum Gasteiger partial charge on any atom is -0.507 e. The molecular formula is C12H8BrClF2O2. The van der Waals surface area contributed by atoms with E-state index in [1.807, 2.05) is 0 Å². The third-order valence-electron chi connectivity index (χ3n) is 1.82. The number of phenols is 2. The Labute approximate surface area is 116 Å². The van der Waals surface area contributed by atoms with Crippen molar-refractivity contribution in [2.75, 3.05) is 0 Å². The highest BCUT2D eigenvalue weighted by molar-refractivity contribution is 9.10. The van der Waals surface area contributed by atoms with Crippen molar-refractivity contribution in [1.29, 1.82) is 0 Å². The Kier molecular flexibility index (Phi) is 5.37. The third-order valence-corrected chi connectivity index (χ3v) is 2.76. The molecule has 0 aliphatic heterocycles. The van der Waals surface area contributed by atoms with E-state index < -0.39 is 5.82 Å². The quantitative estimate of drug-likeness (QED) is 0.744. The smallest absolute Gasteiger partial charge is 0.134 e. The van der Waals surface area contributed by atoms with Gasteiger partial charge in [0.2, 0.25) is 0 Å². The van der Waals surface area contributed by atoms with Gasteiger partial charge in [0.15, 0.2) is 0 Å². The van der Waals surface area contributed by atoms with Crippen LogP contribution >= 0.6 is 27.5 Å². The second kappa shape index (κ2) is 6.56. The molecule has 0 saturated heterocycles. The number of phenolic OH excluding ortho intramolecular Hbond substituents is 2. The van der Waals surface area contributed by atoms with E-state index in [0.29, 0.717) is 4.47 Å². The zero-order chi connectivity index (χ0) is 13.7. The van der Waals surface area contributed by atoms with Crippen LogP contribution in [0.4, 0.5) is 8.78 Å². The summed E-state index contributed by atoms with van der Waals surface area (Å²) >= 11 is 8.28. The first-order valence-corrected chi connectivity index (χ1v) is 5.85. The number of aromatic hydroxyl groups is 2. The Balaban J connectivity index is 0.000000180. The van der Waals surface area contributed by atoms with E-state index in [1.54, 1.807) is 0 Å². The van der Waals surface area contributed by atoms with Crippen LogP contribution in [0.2, 0.25) is 5.02 Å². The number of halogens is 4. The van der Waals surface area contributed by atoms with Crippen LogP contribution in [-0.4, -0.2) is 10.2 Å². The molecule has 96 valence electrons. The van der Waals surface area contributed by atoms with E-state index in [-0.39, 0.29) is 22.3 Å². The van der Waals surface area contributed by atoms with Crippen LogP contribution in [0.5, 0.6) is 11.5 Å². The average Bonchev–Trinajstić information content (AvgIpc) is 2.30. The van der Waals surface area contributed by atoms with E-state index >= 15 is 0 Å². The molecule has 0 amide bonds. The number of hydrogen-bond donors (Lipinski definition) is 2. The topological polar surface area (TPSA) is 40.5 Å². The van der Waals surface area contributed by atoms with Gasteiger partial charge >= 0.3 is 0 Å². The van der Waals surface area contributed by atoms with Gasteiger partial charge in [0.1, 0.15) is 23.1 Å². The van der Waals surface area contributed by atoms with Gasteiger partial charge in [-0.1, -0.05) is 11.6 Å². The molecular weight excluding hydrogens is 329 g/mol. The molecule has 6 heteroatoms. The molecule has 2 nitrogen and oxygen atoms in total. The molecule has 0 spiro atoms. The number of benzene rings is 2. The lowest BCUT2D eigenvalue weighted by Gasteiger charge is -1.93. The summed E-state index contributed by atoms with van der Waals surface area (Å²) in [5, 5.41) is 17.6. The second-order valence-corrected chi connectivity index (χ2v) is 4.45. The summed E-state index contributed by atoms with van der Waals surface area (Å²) in [5.41, 5.74) is 0. The minimum atomic E-state index is -0.446. The summed E-state index contributed by atoms with van der Waals surface area (Å²) in [6, 6.07) is 7.09. The zero-order valence-electron chi connectivity index (χ0n) is 8.87. The summed E-state index contributed by atoms with van der Waals surface area (Å²) in [6.07, 6.45) is 0. The van der Waals surface area contributed by atoms with Crippen LogP contribution in [0.3, 0.4) is 0 Å². The molecule has 0 heterocycles. The van der Waals surface area contributed by atoms with Crippen molar-refractivity contribution in [3.05, 3.63) is 57.5 Å². The first-order chi connectivity index (χ1) is 8.40. The van der Waals surface area contributed by atoms with Gasteiger partial charge in [-0.05, 0) is 52.3 Å². The molecule has 18 heavy (non-hydrogen) atoms. The monoisotopic (exact) mass is 336 g/mol. The molecule has 0 saturated carbocycles. The summed E-state index contributed by atoms with van der Waals surface area (Å²) in [5.74, 6) is -0.855. The standard InChI is InChI=1S/C6H4BrFO.C6H4ClFO/c2*7-5-3-4(8)1-2-6(5)9/h2*1-3,9H. The molecule has 2 N–H and O–H groups in total. The van der Waals surface area contributed by atoms with E-state index in [2.05, 4.69) is 15.9 Å². The Morgan fingerprint density at radius 1 is 0.889 bits per heavy atom. The van der Waals surface area contributed by atoms with Crippen molar-refractivity contribution >= 4 is 27.5 Å². The Bertz CT molecular complexity index is 500. The van der Waals surface area contributed by atoms with Crippen molar-refractivity contribution in [2.24, 2.45) is 0 Å². The Morgan fingerprint density at radius 2 is 1.39 bits per heavy atom. The summed E-state index contributed by atoms with van der Waals surface area (Å²) < 4.78 is 24.7. The molecule has 0 aromatic heterocycles. The summed E-state index contributed by atoms with van der Waals surface area (Å²) in [7, 11) is 0. The maximum atomic E-state index is 12.2. The highest BCUT2D eigenvalue weighted by Gasteiger charge is 1.97. The van der Waals surface area contributed by atoms with Crippen LogP contribution in [0.1, 0.15) is 0 Å². The molecule has 0 bridgehead atoms. The lowest BCUT2D eigenvalue weighted by molar-refractivity contribution is 0.469. The molecule has 0 radical (unpaired) electrons. The van der Waals surface area contributed by atoms with E-state index in [1.165, 1.54) is 24.3 Å². The fourth-order valence-electron chi connectivity index (χ4n) is 0.963. The number of hydrogen-bond acceptors (Lipinski definition) is 2. The summed E-state index contributed by atoms with van der Waals surface area (Å²) in [4.78, 5) is 0. The Hall–Kier alpha value is -1.33. The van der Waals surface area contributed by atoms with Gasteiger partial charge in [-0.2, -0.15) is 0 Å². The predicted octanol–water partition coefficient (Wildman–Crippen LogP) is 4.48. The third kappa shape index (κ3) is 4.50. The molecule has 2 rings (SSSR count). The van der Waals surface area contributed by atoms with Gasteiger partial charge in [0, 0.05) is 0 Å². The molecule has 0 aliphatic carbocycles. The lowest BCUT2D eigenvalue weighted by atomic mass is 10.3. The van der Waals surface area contributed by atoms with Gasteiger partial charge in [0.05, 0.1) is 9.50 Å². The maximum Gasteiger partial charge on any atom is 0.134 e. The fourth-order valence-corrected chi connectivity index (χ4v) is 1.48. The van der Waals surface area contributed by atoms with Crippen LogP contribution in [0, 0.1) is 11.6 Å². The van der Waals surface area contributed by atoms with Crippen LogP contribution in [0.15, 0.2) is 40.9 Å². The maximum absolute atomic E-state index is 12.2. The molecule has 0 atom stereocenters. The SMILES string of the molecule is Oc1ccc(F)cc1Br.Oc1ccc(F)cc1Cl. The van der Waals surface area contributed by atoms with Crippen molar-refractivity contribution in [1.82, 2.24) is 0 Å². The highest BCUT2D eigenvalue weighted by atomic mass is 79.9. The lowest BCUT2D eigenvalue weighted by Crippen LogP contribution is -1.72. The summed E-state index contributed by atoms with van der Waals surface area (Å²) in [6.45, 7) is 0. The van der Waals surface area contributed by atoms with Gasteiger partial charge in [-0.15, -0.1) is 0 Å². The van der Waals surface area contributed by atoms with Gasteiger partial charge in [-0.3, -0.25) is 0 Å². The average molecular weight is 338 g/mol. The highest BCUT2D eigenvalue weighted by Crippen LogP contribution is 2.23. The largest absolute Gasteiger partial charge is 0.507 e. The number of rotatable bonds is 0. The van der Waals surface area contributed by atoms with Crippen LogP contribution in [-0.2, 0) is 0 Å². The van der Waals surface area contributed by atoms with Crippen molar-refractivity contribution in [3.63, 3.8) is 0 Å². The van der Waals surface area contributed by atoms with E-state index in [4.69, 9.17) is 21.8 Å². The molecule has 0 unspecified atom stereocenters. The van der Waals surface area contributed by atoms with Gasteiger partial charge in [-0.25, -0.2) is 8.78 Å². The predicted molar refractivity (Wildman–Crippen MR) is 68.8 cm³/mol. The molecule has 0 aliphatic rings.